The zero-order chi connectivity index (χ0) is 10.6. The van der Waals surface area contributed by atoms with Gasteiger partial charge in [0.05, 0.1) is 13.2 Å². The second-order valence-corrected chi connectivity index (χ2v) is 4.57. The lowest BCUT2D eigenvalue weighted by Gasteiger charge is -2.04. The van der Waals surface area contributed by atoms with Gasteiger partial charge in [0.15, 0.2) is 0 Å². The van der Waals surface area contributed by atoms with Crippen LogP contribution in [0.4, 0.5) is 0 Å². The molecule has 0 aliphatic carbocycles. The van der Waals surface area contributed by atoms with Gasteiger partial charge in [-0.05, 0) is 25.7 Å². The SMILES string of the molecule is O=[PH](OCCCCCl)OCCCCCl. The summed E-state index contributed by atoms with van der Waals surface area (Å²) in [6, 6.07) is 0. The second-order valence-electron chi connectivity index (χ2n) is 2.74. The van der Waals surface area contributed by atoms with Crippen molar-refractivity contribution >= 4 is 31.5 Å². The molecule has 0 aliphatic heterocycles. The maximum atomic E-state index is 11.0. The van der Waals surface area contributed by atoms with E-state index in [1.807, 2.05) is 0 Å². The molecule has 0 aromatic rings. The predicted molar refractivity (Wildman–Crippen MR) is 60.8 cm³/mol. The Kier molecular flexibility index (Phi) is 12.4. The van der Waals surface area contributed by atoms with Crippen LogP contribution >= 0.6 is 31.5 Å². The van der Waals surface area contributed by atoms with Crippen molar-refractivity contribution in [2.24, 2.45) is 0 Å². The number of halogens is 2. The van der Waals surface area contributed by atoms with Gasteiger partial charge in [-0.3, -0.25) is 4.57 Å². The average Bonchev–Trinajstić information content (AvgIpc) is 2.19. The van der Waals surface area contributed by atoms with Crippen LogP contribution in [0.15, 0.2) is 0 Å². The molecule has 0 atom stereocenters. The fraction of sp³-hybridized carbons (Fsp3) is 1.00. The largest absolute Gasteiger partial charge is 0.319 e. The van der Waals surface area contributed by atoms with Gasteiger partial charge in [-0.2, -0.15) is 0 Å². The first kappa shape index (κ1) is 14.7. The molecular formula is C8H17Cl2O3P. The summed E-state index contributed by atoms with van der Waals surface area (Å²) in [5.41, 5.74) is 0. The molecule has 0 saturated carbocycles. The number of hydrogen-bond donors (Lipinski definition) is 0. The van der Waals surface area contributed by atoms with E-state index in [9.17, 15) is 4.57 Å². The molecule has 0 aromatic heterocycles. The Morgan fingerprint density at radius 1 is 0.857 bits per heavy atom. The lowest BCUT2D eigenvalue weighted by molar-refractivity contribution is 0.221. The highest BCUT2D eigenvalue weighted by molar-refractivity contribution is 7.33. The quantitative estimate of drug-likeness (QED) is 0.344. The van der Waals surface area contributed by atoms with Gasteiger partial charge < -0.3 is 9.05 Å². The molecule has 0 spiro atoms. The summed E-state index contributed by atoms with van der Waals surface area (Å²) in [6.07, 6.45) is 3.40. The summed E-state index contributed by atoms with van der Waals surface area (Å²) < 4.78 is 21.0. The highest BCUT2D eigenvalue weighted by atomic mass is 35.5. The van der Waals surface area contributed by atoms with Gasteiger partial charge in [0.1, 0.15) is 0 Å². The zero-order valence-electron chi connectivity index (χ0n) is 8.14. The van der Waals surface area contributed by atoms with Crippen molar-refractivity contribution in [3.05, 3.63) is 0 Å². The first-order valence-electron chi connectivity index (χ1n) is 4.72. The molecule has 0 radical (unpaired) electrons. The van der Waals surface area contributed by atoms with Gasteiger partial charge in [0.2, 0.25) is 0 Å². The Bertz CT molecular complexity index is 133. The summed E-state index contributed by atoms with van der Waals surface area (Å²) in [6.45, 7) is 0.917. The topological polar surface area (TPSA) is 35.5 Å². The smallest absolute Gasteiger partial charge is 0.311 e. The van der Waals surface area contributed by atoms with Crippen molar-refractivity contribution in [3.8, 4) is 0 Å². The Balaban J connectivity index is 3.11. The second kappa shape index (κ2) is 11.8. The third-order valence-corrected chi connectivity index (χ3v) is 2.91. The Morgan fingerprint density at radius 3 is 1.64 bits per heavy atom. The highest BCUT2D eigenvalue weighted by Crippen LogP contribution is 2.24. The molecule has 86 valence electrons. The molecule has 0 aliphatic rings. The van der Waals surface area contributed by atoms with E-state index in [4.69, 9.17) is 32.2 Å². The van der Waals surface area contributed by atoms with Gasteiger partial charge in [-0.15, -0.1) is 23.2 Å². The lowest BCUT2D eigenvalue weighted by Crippen LogP contribution is -1.92. The molecule has 14 heavy (non-hydrogen) atoms. The maximum Gasteiger partial charge on any atom is 0.319 e. The van der Waals surface area contributed by atoms with E-state index >= 15 is 0 Å². The number of hydrogen-bond acceptors (Lipinski definition) is 3. The van der Waals surface area contributed by atoms with E-state index in [2.05, 4.69) is 0 Å². The van der Waals surface area contributed by atoms with Crippen molar-refractivity contribution in [2.45, 2.75) is 25.7 Å². The van der Waals surface area contributed by atoms with Crippen LogP contribution in [0, 0.1) is 0 Å². The standard InChI is InChI=1S/C8H17Cl2O3P/c9-5-1-3-7-12-14(11)13-8-4-2-6-10/h14H,1-8H2. The van der Waals surface area contributed by atoms with Crippen LogP contribution in [0.3, 0.4) is 0 Å². The van der Waals surface area contributed by atoms with E-state index in [1.165, 1.54) is 0 Å². The summed E-state index contributed by atoms with van der Waals surface area (Å²) in [5.74, 6) is 1.22. The summed E-state index contributed by atoms with van der Waals surface area (Å²) in [5, 5.41) is 0. The van der Waals surface area contributed by atoms with Crippen LogP contribution in [0.2, 0.25) is 0 Å². The molecule has 0 N–H and O–H groups in total. The molecule has 0 fully saturated rings. The van der Waals surface area contributed by atoms with Crippen LogP contribution in [0.5, 0.6) is 0 Å². The van der Waals surface area contributed by atoms with Gasteiger partial charge in [0.25, 0.3) is 0 Å². The van der Waals surface area contributed by atoms with Crippen molar-refractivity contribution in [1.29, 1.82) is 0 Å². The van der Waals surface area contributed by atoms with Crippen molar-refractivity contribution < 1.29 is 13.6 Å². The van der Waals surface area contributed by atoms with Crippen molar-refractivity contribution in [3.63, 3.8) is 0 Å². The number of alkyl halides is 2. The summed E-state index contributed by atoms with van der Waals surface area (Å²) in [4.78, 5) is 0. The molecule has 0 aromatic carbocycles. The van der Waals surface area contributed by atoms with Crippen LogP contribution in [0.1, 0.15) is 25.7 Å². The first-order valence-corrected chi connectivity index (χ1v) is 7.02. The molecular weight excluding hydrogens is 246 g/mol. The summed E-state index contributed by atoms with van der Waals surface area (Å²) >= 11 is 10.9. The molecule has 0 heterocycles. The van der Waals surface area contributed by atoms with E-state index in [-0.39, 0.29) is 0 Å². The number of rotatable bonds is 10. The molecule has 3 nitrogen and oxygen atoms in total. The lowest BCUT2D eigenvalue weighted by atomic mass is 10.4. The Hall–Kier alpha value is 0.730. The van der Waals surface area contributed by atoms with Crippen LogP contribution in [-0.4, -0.2) is 25.0 Å². The minimum Gasteiger partial charge on any atom is -0.311 e. The Labute approximate surface area is 96.0 Å². The zero-order valence-corrected chi connectivity index (χ0v) is 10.6. The monoisotopic (exact) mass is 262 g/mol. The summed E-state index contributed by atoms with van der Waals surface area (Å²) in [7, 11) is -2.29. The first-order chi connectivity index (χ1) is 6.81. The van der Waals surface area contributed by atoms with Crippen molar-refractivity contribution in [2.75, 3.05) is 25.0 Å². The van der Waals surface area contributed by atoms with Gasteiger partial charge in [0, 0.05) is 11.8 Å². The minimum atomic E-state index is -2.29. The predicted octanol–water partition coefficient (Wildman–Crippen LogP) is 3.45. The maximum absolute atomic E-state index is 11.0. The normalized spacial score (nSPS) is 11.1. The van der Waals surface area contributed by atoms with Crippen molar-refractivity contribution in [1.82, 2.24) is 0 Å². The van der Waals surface area contributed by atoms with E-state index < -0.39 is 8.25 Å². The molecule has 6 heteroatoms. The van der Waals surface area contributed by atoms with Gasteiger partial charge >= 0.3 is 8.25 Å². The van der Waals surface area contributed by atoms with Crippen LogP contribution in [0.25, 0.3) is 0 Å². The van der Waals surface area contributed by atoms with E-state index in [0.29, 0.717) is 25.0 Å². The molecule has 0 rings (SSSR count). The fourth-order valence-corrected chi connectivity index (χ4v) is 1.83. The van der Waals surface area contributed by atoms with E-state index in [1.54, 1.807) is 0 Å². The van der Waals surface area contributed by atoms with Gasteiger partial charge in [-0.1, -0.05) is 0 Å². The van der Waals surface area contributed by atoms with Gasteiger partial charge in [-0.25, -0.2) is 0 Å². The Morgan fingerprint density at radius 2 is 1.29 bits per heavy atom. The third-order valence-electron chi connectivity index (χ3n) is 1.50. The molecule has 0 amide bonds. The fourth-order valence-electron chi connectivity index (χ4n) is 0.746. The molecule has 0 saturated heterocycles. The van der Waals surface area contributed by atoms with Crippen LogP contribution < -0.4 is 0 Å². The van der Waals surface area contributed by atoms with Crippen LogP contribution in [-0.2, 0) is 13.6 Å². The minimum absolute atomic E-state index is 0.458. The van der Waals surface area contributed by atoms with E-state index in [0.717, 1.165) is 25.7 Å². The molecule has 0 bridgehead atoms. The average molecular weight is 263 g/mol. The third kappa shape index (κ3) is 10.8. The molecule has 0 unspecified atom stereocenters. The number of unbranched alkanes of at least 4 members (excludes halogenated alkanes) is 2. The highest BCUT2D eigenvalue weighted by Gasteiger charge is 1.98.